The molecule has 2 aromatic carbocycles. The third-order valence-electron chi connectivity index (χ3n) is 4.70. The van der Waals surface area contributed by atoms with Crippen molar-refractivity contribution in [3.8, 4) is 0 Å². The lowest BCUT2D eigenvalue weighted by atomic mass is 9.92. The monoisotopic (exact) mass is 322 g/mol. The molecular weight excluding hydrogens is 292 g/mol. The number of hydrogen-bond donors (Lipinski definition) is 0. The molecule has 0 fully saturated rings. The molecule has 24 heavy (non-hydrogen) atoms. The third kappa shape index (κ3) is 5.06. The first-order valence-corrected chi connectivity index (χ1v) is 9.16. The fraction of sp³-hybridized carbons (Fsp3) is 0.435. The summed E-state index contributed by atoms with van der Waals surface area (Å²) in [5.41, 5.74) is 5.39. The van der Waals surface area contributed by atoms with E-state index in [-0.39, 0.29) is 0 Å². The molecule has 0 heterocycles. The fourth-order valence-corrected chi connectivity index (χ4v) is 3.32. The molecule has 0 aromatic heterocycles. The second kappa shape index (κ2) is 8.82. The van der Waals surface area contributed by atoms with Gasteiger partial charge in [0.1, 0.15) is 5.78 Å². The van der Waals surface area contributed by atoms with E-state index in [4.69, 9.17) is 0 Å². The van der Waals surface area contributed by atoms with Gasteiger partial charge in [-0.25, -0.2) is 0 Å². The van der Waals surface area contributed by atoms with E-state index in [9.17, 15) is 4.79 Å². The van der Waals surface area contributed by atoms with E-state index >= 15 is 0 Å². The van der Waals surface area contributed by atoms with E-state index in [2.05, 4.69) is 76.2 Å². The lowest BCUT2D eigenvalue weighted by Crippen LogP contribution is -2.05. The van der Waals surface area contributed by atoms with Crippen LogP contribution >= 0.6 is 0 Å². The van der Waals surface area contributed by atoms with Crippen molar-refractivity contribution in [3.63, 3.8) is 0 Å². The Morgan fingerprint density at radius 1 is 0.708 bits per heavy atom. The lowest BCUT2D eigenvalue weighted by Gasteiger charge is -2.13. The molecule has 1 heteroatoms. The number of hydrogen-bond acceptors (Lipinski definition) is 1. The molecule has 0 N–H and O–H groups in total. The molecule has 0 saturated heterocycles. The molecule has 0 aliphatic heterocycles. The zero-order valence-corrected chi connectivity index (χ0v) is 15.5. The van der Waals surface area contributed by atoms with Gasteiger partial charge in [-0.2, -0.15) is 0 Å². The predicted molar refractivity (Wildman–Crippen MR) is 103 cm³/mol. The molecule has 0 saturated carbocycles. The van der Waals surface area contributed by atoms with Crippen molar-refractivity contribution in [2.45, 2.75) is 65.2 Å². The zero-order valence-electron chi connectivity index (χ0n) is 15.5. The molecule has 0 unspecified atom stereocenters. The van der Waals surface area contributed by atoms with Crippen LogP contribution in [0.1, 0.15) is 74.6 Å². The lowest BCUT2D eigenvalue weighted by molar-refractivity contribution is -0.119. The van der Waals surface area contributed by atoms with Gasteiger partial charge in [0.05, 0.1) is 0 Å². The molecular formula is C23H30O. The molecule has 0 bridgehead atoms. The van der Waals surface area contributed by atoms with Gasteiger partial charge in [0, 0.05) is 12.8 Å². The highest BCUT2D eigenvalue weighted by Crippen LogP contribution is 2.22. The number of carbonyl (C=O) groups excluding carboxylic acids is 1. The molecule has 0 amide bonds. The van der Waals surface area contributed by atoms with E-state index in [0.29, 0.717) is 30.5 Å². The summed E-state index contributed by atoms with van der Waals surface area (Å²) in [7, 11) is 0. The Morgan fingerprint density at radius 3 is 1.46 bits per heavy atom. The highest BCUT2D eigenvalue weighted by atomic mass is 16.1. The van der Waals surface area contributed by atoms with E-state index < -0.39 is 0 Å². The van der Waals surface area contributed by atoms with Crippen LogP contribution in [-0.2, 0) is 17.6 Å². The van der Waals surface area contributed by atoms with Gasteiger partial charge in [0.2, 0.25) is 0 Å². The van der Waals surface area contributed by atoms with Crippen LogP contribution in [0.2, 0.25) is 0 Å². The molecule has 0 aliphatic carbocycles. The standard InChI is InChI=1S/C23H30O/c1-17(2)22-11-7-5-9-19(22)13-15-21(24)16-14-20-10-6-8-12-23(20)18(3)4/h5-12,17-18H,13-16H2,1-4H3. The normalized spacial score (nSPS) is 11.2. The van der Waals surface area contributed by atoms with E-state index in [0.717, 1.165) is 12.8 Å². The Bertz CT molecular complexity index is 610. The first-order valence-electron chi connectivity index (χ1n) is 9.16. The van der Waals surface area contributed by atoms with Crippen molar-refractivity contribution >= 4 is 5.78 Å². The highest BCUT2D eigenvalue weighted by Gasteiger charge is 2.10. The number of benzene rings is 2. The Balaban J connectivity index is 1.91. The maximum atomic E-state index is 12.4. The average molecular weight is 322 g/mol. The predicted octanol–water partition coefficient (Wildman–Crippen LogP) is 6.07. The van der Waals surface area contributed by atoms with Gasteiger partial charge in [0.15, 0.2) is 0 Å². The number of carbonyl (C=O) groups is 1. The smallest absolute Gasteiger partial charge is 0.133 e. The fourth-order valence-electron chi connectivity index (χ4n) is 3.32. The third-order valence-corrected chi connectivity index (χ3v) is 4.70. The molecule has 128 valence electrons. The summed E-state index contributed by atoms with van der Waals surface area (Å²) in [5.74, 6) is 1.38. The first-order chi connectivity index (χ1) is 11.5. The van der Waals surface area contributed by atoms with Gasteiger partial charge in [-0.15, -0.1) is 0 Å². The number of aryl methyl sites for hydroxylation is 2. The molecule has 0 atom stereocenters. The van der Waals surface area contributed by atoms with Crippen molar-refractivity contribution in [2.24, 2.45) is 0 Å². The van der Waals surface area contributed by atoms with E-state index in [1.54, 1.807) is 0 Å². The molecule has 2 aromatic rings. The van der Waals surface area contributed by atoms with Gasteiger partial charge in [-0.05, 0) is 46.9 Å². The van der Waals surface area contributed by atoms with Crippen LogP contribution in [0.25, 0.3) is 0 Å². The number of Topliss-reactive ketones (excluding diaryl/α,β-unsaturated/α-hetero) is 1. The second-order valence-corrected chi connectivity index (χ2v) is 7.25. The Hall–Kier alpha value is -1.89. The Kier molecular flexibility index (Phi) is 6.78. The quantitative estimate of drug-likeness (QED) is 0.576. The molecule has 1 nitrogen and oxygen atoms in total. The zero-order chi connectivity index (χ0) is 17.5. The summed E-state index contributed by atoms with van der Waals surface area (Å²) < 4.78 is 0. The summed E-state index contributed by atoms with van der Waals surface area (Å²) >= 11 is 0. The summed E-state index contributed by atoms with van der Waals surface area (Å²) in [6.45, 7) is 8.85. The van der Waals surface area contributed by atoms with E-state index in [1.807, 2.05) is 0 Å². The summed E-state index contributed by atoms with van der Waals surface area (Å²) in [6.07, 6.45) is 3.01. The van der Waals surface area contributed by atoms with Crippen molar-refractivity contribution in [1.29, 1.82) is 0 Å². The minimum Gasteiger partial charge on any atom is -0.300 e. The van der Waals surface area contributed by atoms with Crippen LogP contribution < -0.4 is 0 Å². The highest BCUT2D eigenvalue weighted by molar-refractivity contribution is 5.79. The van der Waals surface area contributed by atoms with Crippen LogP contribution in [-0.4, -0.2) is 5.78 Å². The second-order valence-electron chi connectivity index (χ2n) is 7.25. The van der Waals surface area contributed by atoms with Crippen molar-refractivity contribution < 1.29 is 4.79 Å². The molecule has 0 spiro atoms. The van der Waals surface area contributed by atoms with Gasteiger partial charge >= 0.3 is 0 Å². The van der Waals surface area contributed by atoms with Crippen LogP contribution in [0, 0.1) is 0 Å². The van der Waals surface area contributed by atoms with Crippen molar-refractivity contribution in [1.82, 2.24) is 0 Å². The van der Waals surface area contributed by atoms with E-state index in [1.165, 1.54) is 22.3 Å². The van der Waals surface area contributed by atoms with Gasteiger partial charge in [0.25, 0.3) is 0 Å². The van der Waals surface area contributed by atoms with Crippen molar-refractivity contribution in [3.05, 3.63) is 70.8 Å². The summed E-state index contributed by atoms with van der Waals surface area (Å²) in [5, 5.41) is 0. The SMILES string of the molecule is CC(C)c1ccccc1CCC(=O)CCc1ccccc1C(C)C. The number of rotatable bonds is 8. The maximum Gasteiger partial charge on any atom is 0.133 e. The summed E-state index contributed by atoms with van der Waals surface area (Å²) in [4.78, 5) is 12.4. The molecule has 2 rings (SSSR count). The first kappa shape index (κ1) is 18.4. The summed E-state index contributed by atoms with van der Waals surface area (Å²) in [6, 6.07) is 17.0. The van der Waals surface area contributed by atoms with Crippen LogP contribution in [0.15, 0.2) is 48.5 Å². The topological polar surface area (TPSA) is 17.1 Å². The van der Waals surface area contributed by atoms with Gasteiger partial charge in [-0.3, -0.25) is 4.79 Å². The average Bonchev–Trinajstić information content (AvgIpc) is 2.58. The van der Waals surface area contributed by atoms with Crippen LogP contribution in [0.3, 0.4) is 0 Å². The van der Waals surface area contributed by atoms with Gasteiger partial charge < -0.3 is 0 Å². The molecule has 0 aliphatic rings. The Labute approximate surface area is 147 Å². The maximum absolute atomic E-state index is 12.4. The largest absolute Gasteiger partial charge is 0.300 e. The minimum atomic E-state index is 0.368. The number of ketones is 1. The van der Waals surface area contributed by atoms with Crippen LogP contribution in [0.4, 0.5) is 0 Å². The van der Waals surface area contributed by atoms with Crippen LogP contribution in [0.5, 0.6) is 0 Å². The Morgan fingerprint density at radius 2 is 1.08 bits per heavy atom. The molecule has 0 radical (unpaired) electrons. The minimum absolute atomic E-state index is 0.368. The van der Waals surface area contributed by atoms with Gasteiger partial charge in [-0.1, -0.05) is 76.2 Å². The van der Waals surface area contributed by atoms with Crippen molar-refractivity contribution in [2.75, 3.05) is 0 Å².